The van der Waals surface area contributed by atoms with E-state index in [-0.39, 0.29) is 6.54 Å². The molecule has 0 saturated heterocycles. The fourth-order valence-corrected chi connectivity index (χ4v) is 4.65. The molecule has 2 N–H and O–H groups in total. The number of fused-ring (bicyclic) bond motifs is 1. The minimum atomic E-state index is -4.09. The van der Waals surface area contributed by atoms with Crippen LogP contribution in [0.3, 0.4) is 0 Å². The number of nitrogens with zero attached hydrogens (tertiary/aromatic N) is 3. The van der Waals surface area contributed by atoms with E-state index in [9.17, 15) is 17.2 Å². The number of anilines is 1. The number of nitrogens with one attached hydrogen (secondary N) is 2. The number of aromatic nitrogens is 3. The summed E-state index contributed by atoms with van der Waals surface area (Å²) in [4.78, 5) is 4.08. The average molecular weight is 490 g/mol. The van der Waals surface area contributed by atoms with Gasteiger partial charge in [0.2, 0.25) is 10.0 Å². The molecule has 0 bridgehead atoms. The van der Waals surface area contributed by atoms with Crippen molar-refractivity contribution in [2.45, 2.75) is 11.3 Å². The second-order valence-electron chi connectivity index (χ2n) is 7.32. The number of halogens is 3. The molecule has 0 fully saturated rings. The molecule has 0 radical (unpaired) electrons. The Labute approximate surface area is 195 Å². The molecular weight excluding hydrogens is 471 g/mol. The van der Waals surface area contributed by atoms with E-state index in [1.54, 1.807) is 16.8 Å². The van der Waals surface area contributed by atoms with Crippen LogP contribution in [0.4, 0.5) is 14.6 Å². The molecule has 0 atom stereocenters. The third-order valence-electron chi connectivity index (χ3n) is 4.93. The van der Waals surface area contributed by atoms with Crippen molar-refractivity contribution in [3.05, 3.63) is 71.4 Å². The van der Waals surface area contributed by atoms with Gasteiger partial charge in [0, 0.05) is 42.0 Å². The molecule has 0 spiro atoms. The standard InChI is InChI=1S/C21H19BClF2N5O2S/c22-15-12-27-30-20(11-18(29-21(15)30)14-4-1-2-5-16(14)23)26-8-3-9-28-33(31,32)19-7-6-13(24)10-17(19)25/h1-2,4-7,10-12,26,28H,3,8-9,22H2. The molecule has 33 heavy (non-hydrogen) atoms. The van der Waals surface area contributed by atoms with Gasteiger partial charge < -0.3 is 5.32 Å². The van der Waals surface area contributed by atoms with Crippen molar-refractivity contribution in [2.75, 3.05) is 18.4 Å². The molecule has 0 aliphatic heterocycles. The molecule has 0 aliphatic carbocycles. The van der Waals surface area contributed by atoms with Crippen molar-refractivity contribution in [2.24, 2.45) is 0 Å². The zero-order valence-electron chi connectivity index (χ0n) is 17.5. The van der Waals surface area contributed by atoms with E-state index in [0.29, 0.717) is 41.2 Å². The maximum Gasteiger partial charge on any atom is 0.243 e. The predicted molar refractivity (Wildman–Crippen MR) is 126 cm³/mol. The second-order valence-corrected chi connectivity index (χ2v) is 9.46. The molecular formula is C21H19BClF2N5O2S. The molecule has 170 valence electrons. The van der Waals surface area contributed by atoms with Crippen LogP contribution in [0.15, 0.2) is 59.6 Å². The van der Waals surface area contributed by atoms with Crippen molar-refractivity contribution in [1.29, 1.82) is 0 Å². The molecule has 2 aromatic heterocycles. The molecule has 12 heteroatoms. The van der Waals surface area contributed by atoms with Crippen LogP contribution in [-0.2, 0) is 10.0 Å². The lowest BCUT2D eigenvalue weighted by atomic mass is 10.0. The zero-order chi connectivity index (χ0) is 23.6. The largest absolute Gasteiger partial charge is 0.370 e. The third-order valence-corrected chi connectivity index (χ3v) is 6.76. The Morgan fingerprint density at radius 1 is 1.09 bits per heavy atom. The highest BCUT2D eigenvalue weighted by molar-refractivity contribution is 7.89. The lowest BCUT2D eigenvalue weighted by molar-refractivity contribution is 0.542. The molecule has 7 nitrogen and oxygen atoms in total. The van der Waals surface area contributed by atoms with E-state index in [1.165, 1.54) is 0 Å². The number of sulfonamides is 1. The fourth-order valence-electron chi connectivity index (χ4n) is 3.29. The Bertz CT molecular complexity index is 1430. The van der Waals surface area contributed by atoms with Crippen molar-refractivity contribution in [1.82, 2.24) is 19.3 Å². The molecule has 2 heterocycles. The number of hydrogen-bond donors (Lipinski definition) is 2. The Morgan fingerprint density at radius 2 is 1.88 bits per heavy atom. The maximum atomic E-state index is 13.8. The number of hydrogen-bond acceptors (Lipinski definition) is 5. The highest BCUT2D eigenvalue weighted by atomic mass is 35.5. The highest BCUT2D eigenvalue weighted by Crippen LogP contribution is 2.28. The first-order valence-electron chi connectivity index (χ1n) is 10.0. The van der Waals surface area contributed by atoms with Gasteiger partial charge in [-0.05, 0) is 30.1 Å². The van der Waals surface area contributed by atoms with Gasteiger partial charge in [0.25, 0.3) is 0 Å². The van der Waals surface area contributed by atoms with Gasteiger partial charge in [-0.2, -0.15) is 9.61 Å². The monoisotopic (exact) mass is 489 g/mol. The zero-order valence-corrected chi connectivity index (χ0v) is 19.1. The van der Waals surface area contributed by atoms with Crippen LogP contribution in [0, 0.1) is 11.6 Å². The van der Waals surface area contributed by atoms with Crippen LogP contribution in [0.5, 0.6) is 0 Å². The van der Waals surface area contributed by atoms with Crippen LogP contribution >= 0.6 is 11.6 Å². The van der Waals surface area contributed by atoms with Gasteiger partial charge in [0.05, 0.1) is 5.69 Å². The van der Waals surface area contributed by atoms with Crippen molar-refractivity contribution in [3.63, 3.8) is 0 Å². The van der Waals surface area contributed by atoms with E-state index < -0.39 is 26.6 Å². The lowest BCUT2D eigenvalue weighted by Crippen LogP contribution is -2.27. The molecule has 0 saturated carbocycles. The van der Waals surface area contributed by atoms with E-state index in [1.807, 2.05) is 32.1 Å². The van der Waals surface area contributed by atoms with Gasteiger partial charge in [-0.1, -0.05) is 29.8 Å². The number of rotatable bonds is 8. The van der Waals surface area contributed by atoms with Crippen LogP contribution < -0.4 is 15.5 Å². The Hall–Kier alpha value is -3.02. The topological polar surface area (TPSA) is 88.4 Å². The van der Waals surface area contributed by atoms with Gasteiger partial charge in [-0.25, -0.2) is 26.9 Å². The van der Waals surface area contributed by atoms with Gasteiger partial charge >= 0.3 is 0 Å². The summed E-state index contributed by atoms with van der Waals surface area (Å²) in [5.41, 5.74) is 3.01. The smallest absolute Gasteiger partial charge is 0.243 e. The number of benzene rings is 2. The normalized spacial score (nSPS) is 11.7. The molecule has 4 aromatic rings. The fraction of sp³-hybridized carbons (Fsp3) is 0.143. The molecule has 2 aromatic carbocycles. The summed E-state index contributed by atoms with van der Waals surface area (Å²) in [6, 6.07) is 11.5. The summed E-state index contributed by atoms with van der Waals surface area (Å²) in [6.45, 7) is 0.449. The van der Waals surface area contributed by atoms with Crippen LogP contribution in [-0.4, -0.2) is 44.0 Å². The van der Waals surface area contributed by atoms with Crippen molar-refractivity contribution in [3.8, 4) is 11.3 Å². The van der Waals surface area contributed by atoms with Crippen molar-refractivity contribution < 1.29 is 17.2 Å². The van der Waals surface area contributed by atoms with Crippen LogP contribution in [0.25, 0.3) is 16.9 Å². The molecule has 0 amide bonds. The van der Waals surface area contributed by atoms with Gasteiger partial charge in [-0.15, -0.1) is 0 Å². The summed E-state index contributed by atoms with van der Waals surface area (Å²) < 4.78 is 55.4. The first-order chi connectivity index (χ1) is 15.8. The predicted octanol–water partition coefficient (Wildman–Crippen LogP) is 2.37. The van der Waals surface area contributed by atoms with Crippen molar-refractivity contribution >= 4 is 46.4 Å². The van der Waals surface area contributed by atoms with Crippen LogP contribution in [0.1, 0.15) is 6.42 Å². The minimum absolute atomic E-state index is 0.0515. The van der Waals surface area contributed by atoms with Gasteiger partial charge in [-0.3, -0.25) is 0 Å². The highest BCUT2D eigenvalue weighted by Gasteiger charge is 2.19. The van der Waals surface area contributed by atoms with E-state index >= 15 is 0 Å². The van der Waals surface area contributed by atoms with Gasteiger partial charge in [0.15, 0.2) is 5.65 Å². The summed E-state index contributed by atoms with van der Waals surface area (Å²) in [6.07, 6.45) is 2.10. The third kappa shape index (κ3) is 5.00. The second kappa shape index (κ2) is 9.46. The summed E-state index contributed by atoms with van der Waals surface area (Å²) in [7, 11) is -2.19. The first kappa shape index (κ1) is 23.2. The Kier molecular flexibility index (Phi) is 6.64. The Morgan fingerprint density at radius 3 is 2.64 bits per heavy atom. The first-order valence-corrected chi connectivity index (χ1v) is 11.9. The van der Waals surface area contributed by atoms with Crippen LogP contribution in [0.2, 0.25) is 5.02 Å². The average Bonchev–Trinajstić information content (AvgIpc) is 3.14. The summed E-state index contributed by atoms with van der Waals surface area (Å²) >= 11 is 6.34. The molecule has 0 aliphatic rings. The van der Waals surface area contributed by atoms with E-state index in [4.69, 9.17) is 11.6 Å². The quantitative estimate of drug-likeness (QED) is 0.293. The SMILES string of the molecule is Bc1cnn2c(NCCCNS(=O)(=O)c3ccc(F)cc3F)cc(-c3ccccc3Cl)nc12. The van der Waals surface area contributed by atoms with E-state index in [0.717, 1.165) is 23.2 Å². The lowest BCUT2D eigenvalue weighted by Gasteiger charge is -2.12. The van der Waals surface area contributed by atoms with Gasteiger partial charge in [0.1, 0.15) is 30.2 Å². The maximum absolute atomic E-state index is 13.8. The molecule has 0 unspecified atom stereocenters. The summed E-state index contributed by atoms with van der Waals surface area (Å²) in [5, 5.41) is 8.15. The summed E-state index contributed by atoms with van der Waals surface area (Å²) in [5.74, 6) is -1.32. The minimum Gasteiger partial charge on any atom is -0.370 e. The molecule has 4 rings (SSSR count). The Balaban J connectivity index is 1.46. The van der Waals surface area contributed by atoms with E-state index in [2.05, 4.69) is 20.1 Å².